The van der Waals surface area contributed by atoms with Crippen molar-refractivity contribution in [1.82, 2.24) is 14.9 Å². The summed E-state index contributed by atoms with van der Waals surface area (Å²) in [4.78, 5) is 5.61. The number of benzene rings is 1. The summed E-state index contributed by atoms with van der Waals surface area (Å²) in [6.45, 7) is 3.49. The molecule has 0 spiro atoms. The van der Waals surface area contributed by atoms with E-state index in [-0.39, 0.29) is 22.6 Å². The Labute approximate surface area is 176 Å². The number of thiophene rings is 1. The lowest BCUT2D eigenvalue weighted by atomic mass is 10.2. The van der Waals surface area contributed by atoms with Crippen molar-refractivity contribution in [1.29, 1.82) is 0 Å². The van der Waals surface area contributed by atoms with E-state index in [1.165, 1.54) is 29.5 Å². The lowest BCUT2D eigenvalue weighted by molar-refractivity contribution is 0.433. The van der Waals surface area contributed by atoms with E-state index in [4.69, 9.17) is 8.94 Å². The Morgan fingerprint density at radius 3 is 2.70 bits per heavy atom. The Morgan fingerprint density at radius 2 is 2.00 bits per heavy atom. The molecule has 0 aliphatic rings. The summed E-state index contributed by atoms with van der Waals surface area (Å²) in [5.74, 6) is 0.838. The molecule has 0 bridgehead atoms. The summed E-state index contributed by atoms with van der Waals surface area (Å²) < 4.78 is 52.1. The highest BCUT2D eigenvalue weighted by Gasteiger charge is 2.24. The number of aromatic nitrogens is 2. The zero-order valence-corrected chi connectivity index (χ0v) is 17.8. The third-order valence-electron chi connectivity index (χ3n) is 4.34. The van der Waals surface area contributed by atoms with E-state index in [9.17, 15) is 12.8 Å². The molecular weight excluding hydrogens is 429 g/mol. The van der Waals surface area contributed by atoms with Crippen LogP contribution in [0.25, 0.3) is 22.2 Å². The van der Waals surface area contributed by atoms with Crippen LogP contribution in [0.3, 0.4) is 0 Å². The van der Waals surface area contributed by atoms with Crippen molar-refractivity contribution in [3.63, 3.8) is 0 Å². The first-order chi connectivity index (χ1) is 14.3. The van der Waals surface area contributed by atoms with Gasteiger partial charge in [-0.3, -0.25) is 0 Å². The van der Waals surface area contributed by atoms with Gasteiger partial charge in [0.1, 0.15) is 11.6 Å². The lowest BCUT2D eigenvalue weighted by Gasteiger charge is -2.12. The van der Waals surface area contributed by atoms with Gasteiger partial charge in [-0.2, -0.15) is 4.98 Å². The highest BCUT2D eigenvalue weighted by Crippen LogP contribution is 2.33. The standard InChI is InChI=1S/C20H18FN3O4S2/c1-12(10-16-4-3-9-27-16)24-30(25,26)18-11-17(29-13(18)2)20-22-19(23-28-20)14-5-7-15(21)8-6-14/h3-9,11-12,24H,10H2,1-2H3. The first-order valence-corrected chi connectivity index (χ1v) is 11.4. The Balaban J connectivity index is 1.55. The highest BCUT2D eigenvalue weighted by molar-refractivity contribution is 7.89. The predicted molar refractivity (Wildman–Crippen MR) is 110 cm³/mol. The second-order valence-electron chi connectivity index (χ2n) is 6.77. The van der Waals surface area contributed by atoms with Crippen LogP contribution in [0.4, 0.5) is 4.39 Å². The van der Waals surface area contributed by atoms with Gasteiger partial charge in [-0.05, 0) is 56.3 Å². The van der Waals surface area contributed by atoms with Gasteiger partial charge < -0.3 is 8.94 Å². The third kappa shape index (κ3) is 4.35. The van der Waals surface area contributed by atoms with Gasteiger partial charge in [-0.1, -0.05) is 5.16 Å². The zero-order chi connectivity index (χ0) is 21.3. The van der Waals surface area contributed by atoms with Gasteiger partial charge >= 0.3 is 0 Å². The smallest absolute Gasteiger partial charge is 0.268 e. The van der Waals surface area contributed by atoms with Crippen molar-refractivity contribution in [2.45, 2.75) is 31.2 Å². The van der Waals surface area contributed by atoms with Gasteiger partial charge in [-0.15, -0.1) is 11.3 Å². The molecule has 0 aliphatic heterocycles. The molecule has 1 atom stereocenters. The number of hydrogen-bond acceptors (Lipinski definition) is 7. The second-order valence-corrected chi connectivity index (χ2v) is 9.71. The Morgan fingerprint density at radius 1 is 1.23 bits per heavy atom. The highest BCUT2D eigenvalue weighted by atomic mass is 32.2. The molecule has 0 saturated carbocycles. The summed E-state index contributed by atoms with van der Waals surface area (Å²) in [7, 11) is -3.74. The minimum Gasteiger partial charge on any atom is -0.469 e. The van der Waals surface area contributed by atoms with E-state index in [0.717, 1.165) is 0 Å². The van der Waals surface area contributed by atoms with Crippen LogP contribution in [-0.4, -0.2) is 24.6 Å². The van der Waals surface area contributed by atoms with Gasteiger partial charge in [0, 0.05) is 22.9 Å². The fourth-order valence-corrected chi connectivity index (χ4v) is 5.73. The SMILES string of the molecule is Cc1sc(-c2nc(-c3ccc(F)cc3)no2)cc1S(=O)(=O)NC(C)Cc1ccco1. The molecule has 3 heterocycles. The molecule has 0 saturated heterocycles. The first kappa shape index (κ1) is 20.5. The van der Waals surface area contributed by atoms with Gasteiger partial charge in [-0.25, -0.2) is 17.5 Å². The molecule has 0 aliphatic carbocycles. The quantitative estimate of drug-likeness (QED) is 0.450. The minimum atomic E-state index is -3.74. The number of nitrogens with zero attached hydrogens (tertiary/aromatic N) is 2. The topological polar surface area (TPSA) is 98.2 Å². The molecule has 1 N–H and O–H groups in total. The summed E-state index contributed by atoms with van der Waals surface area (Å²) in [6.07, 6.45) is 1.99. The number of hydrogen-bond donors (Lipinski definition) is 1. The van der Waals surface area contributed by atoms with Crippen molar-refractivity contribution in [2.75, 3.05) is 0 Å². The molecule has 1 unspecified atom stereocenters. The molecule has 3 aromatic heterocycles. The number of aryl methyl sites for hydroxylation is 1. The normalized spacial score (nSPS) is 12.9. The monoisotopic (exact) mass is 447 g/mol. The Bertz CT molecular complexity index is 1250. The molecule has 0 amide bonds. The fourth-order valence-electron chi connectivity index (χ4n) is 2.98. The van der Waals surface area contributed by atoms with Gasteiger partial charge in [0.2, 0.25) is 15.8 Å². The number of sulfonamides is 1. The van der Waals surface area contributed by atoms with Crippen molar-refractivity contribution < 1.29 is 21.7 Å². The number of furan rings is 1. The number of nitrogens with one attached hydrogen (secondary N) is 1. The van der Waals surface area contributed by atoms with E-state index < -0.39 is 10.0 Å². The summed E-state index contributed by atoms with van der Waals surface area (Å²) in [6, 6.07) is 10.4. The lowest BCUT2D eigenvalue weighted by Crippen LogP contribution is -2.34. The van der Waals surface area contributed by atoms with Crippen LogP contribution in [-0.2, 0) is 16.4 Å². The third-order valence-corrected chi connectivity index (χ3v) is 7.23. The number of rotatable bonds is 7. The van der Waals surface area contributed by atoms with Gasteiger partial charge in [0.25, 0.3) is 5.89 Å². The average Bonchev–Trinajstić information content (AvgIpc) is 3.42. The molecule has 4 aromatic rings. The van der Waals surface area contributed by atoms with Gasteiger partial charge in [0.05, 0.1) is 16.0 Å². The van der Waals surface area contributed by atoms with Crippen LogP contribution in [0.1, 0.15) is 17.6 Å². The van der Waals surface area contributed by atoms with Crippen LogP contribution in [0.2, 0.25) is 0 Å². The van der Waals surface area contributed by atoms with Crippen molar-refractivity contribution in [2.24, 2.45) is 0 Å². The zero-order valence-electron chi connectivity index (χ0n) is 16.1. The van der Waals surface area contributed by atoms with Crippen LogP contribution in [0.15, 0.2) is 62.6 Å². The molecule has 7 nitrogen and oxygen atoms in total. The molecule has 156 valence electrons. The van der Waals surface area contributed by atoms with Crippen molar-refractivity contribution in [3.05, 3.63) is 65.2 Å². The summed E-state index contributed by atoms with van der Waals surface area (Å²) in [5, 5.41) is 3.91. The molecular formula is C20H18FN3O4S2. The van der Waals surface area contributed by atoms with E-state index in [0.29, 0.717) is 33.3 Å². The van der Waals surface area contributed by atoms with E-state index in [2.05, 4.69) is 14.9 Å². The molecule has 1 aromatic carbocycles. The molecule has 10 heteroatoms. The minimum absolute atomic E-state index is 0.162. The van der Waals surface area contributed by atoms with Crippen LogP contribution >= 0.6 is 11.3 Å². The Kier molecular flexibility index (Phi) is 5.54. The summed E-state index contributed by atoms with van der Waals surface area (Å²) >= 11 is 1.24. The molecule has 0 fully saturated rings. The fraction of sp³-hybridized carbons (Fsp3) is 0.200. The first-order valence-electron chi connectivity index (χ1n) is 9.07. The van der Waals surface area contributed by atoms with Gasteiger partial charge in [0.15, 0.2) is 0 Å². The van der Waals surface area contributed by atoms with Crippen LogP contribution < -0.4 is 4.72 Å². The van der Waals surface area contributed by atoms with Crippen molar-refractivity contribution >= 4 is 21.4 Å². The van der Waals surface area contributed by atoms with Crippen molar-refractivity contribution in [3.8, 4) is 22.2 Å². The Hall–Kier alpha value is -2.82. The summed E-state index contributed by atoms with van der Waals surface area (Å²) in [5.41, 5.74) is 0.598. The maximum Gasteiger partial charge on any atom is 0.268 e. The van der Waals surface area contributed by atoms with Crippen LogP contribution in [0.5, 0.6) is 0 Å². The second kappa shape index (κ2) is 8.13. The molecule has 4 rings (SSSR count). The number of halogens is 1. The maximum absolute atomic E-state index is 13.1. The van der Waals surface area contributed by atoms with E-state index in [1.54, 1.807) is 44.4 Å². The average molecular weight is 448 g/mol. The predicted octanol–water partition coefficient (Wildman–Crippen LogP) is 4.42. The van der Waals surface area contributed by atoms with E-state index >= 15 is 0 Å². The largest absolute Gasteiger partial charge is 0.469 e. The van der Waals surface area contributed by atoms with Crippen LogP contribution in [0, 0.1) is 12.7 Å². The van der Waals surface area contributed by atoms with E-state index in [1.807, 2.05) is 0 Å². The molecule has 30 heavy (non-hydrogen) atoms. The molecule has 0 radical (unpaired) electrons. The maximum atomic E-state index is 13.1.